The summed E-state index contributed by atoms with van der Waals surface area (Å²) in [4.78, 5) is 14.1. The Labute approximate surface area is 132 Å². The predicted octanol–water partition coefficient (Wildman–Crippen LogP) is 2.94. The molecule has 0 aromatic heterocycles. The Morgan fingerprint density at radius 2 is 2.00 bits per heavy atom. The number of benzene rings is 1. The van der Waals surface area contributed by atoms with Gasteiger partial charge in [-0.05, 0) is 56.8 Å². The van der Waals surface area contributed by atoms with E-state index in [0.717, 1.165) is 30.6 Å². The number of nitrogens with zero attached hydrogens (tertiary/aromatic N) is 1. The zero-order valence-corrected chi connectivity index (χ0v) is 13.3. The van der Waals surface area contributed by atoms with Gasteiger partial charge in [0.05, 0.1) is 6.10 Å². The highest BCUT2D eigenvalue weighted by molar-refractivity contribution is 5.93. The van der Waals surface area contributed by atoms with Crippen LogP contribution in [0.3, 0.4) is 0 Å². The molecule has 1 saturated heterocycles. The maximum Gasteiger partial charge on any atom is 0.227 e. The van der Waals surface area contributed by atoms with Crippen LogP contribution in [0.25, 0.3) is 0 Å². The molecule has 2 unspecified atom stereocenters. The van der Waals surface area contributed by atoms with Gasteiger partial charge in [-0.1, -0.05) is 18.6 Å². The minimum atomic E-state index is -0.464. The number of nitrogens with one attached hydrogen (secondary N) is 1. The number of carbonyl (C=O) groups is 1. The van der Waals surface area contributed by atoms with Gasteiger partial charge >= 0.3 is 0 Å². The Kier molecular flexibility index (Phi) is 4.79. The Bertz CT molecular complexity index is 510. The predicted molar refractivity (Wildman–Crippen MR) is 87.6 cm³/mol. The molecule has 0 spiro atoms. The van der Waals surface area contributed by atoms with Gasteiger partial charge in [0, 0.05) is 24.2 Å². The van der Waals surface area contributed by atoms with Crippen molar-refractivity contribution in [3.05, 3.63) is 29.8 Å². The number of hydrogen-bond donors (Lipinski definition) is 2. The Hall–Kier alpha value is -1.39. The van der Waals surface area contributed by atoms with Crippen LogP contribution in [0.1, 0.15) is 50.7 Å². The van der Waals surface area contributed by atoms with Crippen molar-refractivity contribution in [3.63, 3.8) is 0 Å². The topological polar surface area (TPSA) is 52.6 Å². The average Bonchev–Trinajstić information content (AvgIpc) is 3.35. The monoisotopic (exact) mass is 302 g/mol. The van der Waals surface area contributed by atoms with E-state index < -0.39 is 6.10 Å². The molecule has 0 bridgehead atoms. The minimum absolute atomic E-state index is 0.121. The molecule has 1 saturated carbocycles. The third kappa shape index (κ3) is 3.87. The maximum atomic E-state index is 11.7. The van der Waals surface area contributed by atoms with Crippen molar-refractivity contribution < 1.29 is 9.90 Å². The number of amides is 1. The van der Waals surface area contributed by atoms with Gasteiger partial charge in [-0.3, -0.25) is 9.69 Å². The summed E-state index contributed by atoms with van der Waals surface area (Å²) >= 11 is 0. The fourth-order valence-electron chi connectivity index (χ4n) is 3.13. The first-order valence-electron chi connectivity index (χ1n) is 8.46. The smallest absolute Gasteiger partial charge is 0.227 e. The van der Waals surface area contributed by atoms with Crippen molar-refractivity contribution in [1.29, 1.82) is 0 Å². The van der Waals surface area contributed by atoms with Gasteiger partial charge in [-0.15, -0.1) is 0 Å². The molecule has 1 aromatic rings. The Morgan fingerprint density at radius 3 is 2.64 bits per heavy atom. The largest absolute Gasteiger partial charge is 0.387 e. The van der Waals surface area contributed by atoms with Crippen LogP contribution in [0.15, 0.2) is 24.3 Å². The van der Waals surface area contributed by atoms with E-state index in [2.05, 4.69) is 17.1 Å². The molecule has 1 heterocycles. The van der Waals surface area contributed by atoms with Crippen LogP contribution in [0.5, 0.6) is 0 Å². The van der Waals surface area contributed by atoms with Gasteiger partial charge in [-0.25, -0.2) is 0 Å². The second kappa shape index (κ2) is 6.80. The van der Waals surface area contributed by atoms with Crippen molar-refractivity contribution in [3.8, 4) is 0 Å². The molecule has 4 nitrogen and oxygen atoms in total. The zero-order chi connectivity index (χ0) is 15.5. The first kappa shape index (κ1) is 15.5. The van der Waals surface area contributed by atoms with Gasteiger partial charge in [0.1, 0.15) is 0 Å². The summed E-state index contributed by atoms with van der Waals surface area (Å²) in [6.07, 6.45) is 5.30. The standard InChI is InChI=1S/C18H26N2O2/c1-13-4-2-3-11-20(13)12-17(21)14-7-9-16(10-8-14)19-18(22)15-5-6-15/h7-10,13,15,17,21H,2-6,11-12H2,1H3,(H,19,22). The second-order valence-corrected chi connectivity index (χ2v) is 6.74. The quantitative estimate of drug-likeness (QED) is 0.879. The van der Waals surface area contributed by atoms with Gasteiger partial charge in [0.2, 0.25) is 5.91 Å². The van der Waals surface area contributed by atoms with Gasteiger partial charge in [-0.2, -0.15) is 0 Å². The summed E-state index contributed by atoms with van der Waals surface area (Å²) < 4.78 is 0. The van der Waals surface area contributed by atoms with E-state index in [-0.39, 0.29) is 11.8 Å². The summed E-state index contributed by atoms with van der Waals surface area (Å²) in [5, 5.41) is 13.4. The van der Waals surface area contributed by atoms with Crippen LogP contribution in [-0.2, 0) is 4.79 Å². The van der Waals surface area contributed by atoms with E-state index in [1.54, 1.807) is 0 Å². The van der Waals surface area contributed by atoms with Crippen molar-refractivity contribution in [2.24, 2.45) is 5.92 Å². The molecular weight excluding hydrogens is 276 g/mol. The minimum Gasteiger partial charge on any atom is -0.387 e. The SMILES string of the molecule is CC1CCCCN1CC(O)c1ccc(NC(=O)C2CC2)cc1. The number of aliphatic hydroxyl groups is 1. The molecule has 2 fully saturated rings. The molecule has 1 aliphatic carbocycles. The number of aliphatic hydroxyl groups excluding tert-OH is 1. The van der Waals surface area contributed by atoms with Gasteiger partial charge < -0.3 is 10.4 Å². The fraction of sp³-hybridized carbons (Fsp3) is 0.611. The molecule has 2 N–H and O–H groups in total. The third-order valence-electron chi connectivity index (χ3n) is 4.86. The van der Waals surface area contributed by atoms with E-state index >= 15 is 0 Å². The molecular formula is C18H26N2O2. The summed E-state index contributed by atoms with van der Waals surface area (Å²) in [6, 6.07) is 8.17. The van der Waals surface area contributed by atoms with Gasteiger partial charge in [0.25, 0.3) is 0 Å². The normalized spacial score (nSPS) is 24.0. The number of piperidine rings is 1. The highest BCUT2D eigenvalue weighted by Crippen LogP contribution is 2.30. The maximum absolute atomic E-state index is 11.7. The number of rotatable bonds is 5. The number of β-amino-alcohol motifs (C(OH)–C–C–N with tert-alkyl or cyclic N) is 1. The van der Waals surface area contributed by atoms with Crippen molar-refractivity contribution in [2.45, 2.75) is 51.2 Å². The van der Waals surface area contributed by atoms with E-state index in [0.29, 0.717) is 12.6 Å². The molecule has 0 radical (unpaired) electrons. The summed E-state index contributed by atoms with van der Waals surface area (Å²) in [5.41, 5.74) is 1.74. The van der Waals surface area contributed by atoms with E-state index in [1.165, 1.54) is 19.3 Å². The first-order chi connectivity index (χ1) is 10.6. The molecule has 120 valence electrons. The second-order valence-electron chi connectivity index (χ2n) is 6.74. The molecule has 22 heavy (non-hydrogen) atoms. The van der Waals surface area contributed by atoms with Crippen LogP contribution in [0, 0.1) is 5.92 Å². The molecule has 3 rings (SSSR count). The number of anilines is 1. The van der Waals surface area contributed by atoms with Crippen LogP contribution in [0.2, 0.25) is 0 Å². The summed E-state index contributed by atoms with van der Waals surface area (Å²) in [7, 11) is 0. The van der Waals surface area contributed by atoms with E-state index in [1.807, 2.05) is 24.3 Å². The lowest BCUT2D eigenvalue weighted by atomic mass is 10.0. The lowest BCUT2D eigenvalue weighted by molar-refractivity contribution is -0.117. The molecule has 4 heteroatoms. The summed E-state index contributed by atoms with van der Waals surface area (Å²) in [5.74, 6) is 0.335. The van der Waals surface area contributed by atoms with Crippen LogP contribution in [0.4, 0.5) is 5.69 Å². The Balaban J connectivity index is 1.55. The number of hydrogen-bond acceptors (Lipinski definition) is 3. The molecule has 2 atom stereocenters. The highest BCUT2D eigenvalue weighted by atomic mass is 16.3. The van der Waals surface area contributed by atoms with Crippen molar-refractivity contribution >= 4 is 11.6 Å². The van der Waals surface area contributed by atoms with E-state index in [4.69, 9.17) is 0 Å². The lowest BCUT2D eigenvalue weighted by Gasteiger charge is -2.34. The molecule has 1 aromatic carbocycles. The molecule has 1 aliphatic heterocycles. The number of likely N-dealkylation sites (tertiary alicyclic amines) is 1. The molecule has 2 aliphatic rings. The highest BCUT2D eigenvalue weighted by Gasteiger charge is 2.29. The zero-order valence-electron chi connectivity index (χ0n) is 13.3. The first-order valence-corrected chi connectivity index (χ1v) is 8.46. The fourth-order valence-corrected chi connectivity index (χ4v) is 3.13. The van der Waals surface area contributed by atoms with Crippen molar-refractivity contribution in [1.82, 2.24) is 4.90 Å². The Morgan fingerprint density at radius 1 is 1.27 bits per heavy atom. The van der Waals surface area contributed by atoms with Gasteiger partial charge in [0.15, 0.2) is 0 Å². The van der Waals surface area contributed by atoms with Crippen molar-refractivity contribution in [2.75, 3.05) is 18.4 Å². The average molecular weight is 302 g/mol. The summed E-state index contributed by atoms with van der Waals surface area (Å²) in [6.45, 7) is 4.01. The van der Waals surface area contributed by atoms with E-state index in [9.17, 15) is 9.90 Å². The van der Waals surface area contributed by atoms with Crippen LogP contribution in [-0.4, -0.2) is 35.0 Å². The third-order valence-corrected chi connectivity index (χ3v) is 4.86. The van der Waals surface area contributed by atoms with Crippen LogP contribution < -0.4 is 5.32 Å². The lowest BCUT2D eigenvalue weighted by Crippen LogP contribution is -2.40. The number of carbonyl (C=O) groups excluding carboxylic acids is 1. The molecule has 1 amide bonds. The van der Waals surface area contributed by atoms with Crippen LogP contribution >= 0.6 is 0 Å².